The van der Waals surface area contributed by atoms with Crippen molar-refractivity contribution in [3.8, 4) is 11.1 Å². The summed E-state index contributed by atoms with van der Waals surface area (Å²) in [7, 11) is 0. The van der Waals surface area contributed by atoms with Gasteiger partial charge in [-0.05, 0) is 29.8 Å². The van der Waals surface area contributed by atoms with Crippen LogP contribution in [0.4, 0.5) is 15.8 Å². The van der Waals surface area contributed by atoms with E-state index in [1.165, 1.54) is 18.2 Å². The largest absolute Gasteiger partial charge is 0.376 e. The first-order chi connectivity index (χ1) is 12.1. The number of nitrogens with one attached hydrogen (secondary N) is 2. The number of halogens is 2. The quantitative estimate of drug-likeness (QED) is 0.661. The third-order valence-corrected chi connectivity index (χ3v) is 3.95. The summed E-state index contributed by atoms with van der Waals surface area (Å²) in [6.45, 7) is 0.0467. The second-order valence-electron chi connectivity index (χ2n) is 5.44. The van der Waals surface area contributed by atoms with E-state index in [-0.39, 0.29) is 17.5 Å². The molecule has 0 radical (unpaired) electrons. The van der Waals surface area contributed by atoms with Crippen molar-refractivity contribution in [1.82, 2.24) is 0 Å². The zero-order valence-corrected chi connectivity index (χ0v) is 14.1. The van der Waals surface area contributed by atoms with Gasteiger partial charge in [0.25, 0.3) is 0 Å². The maximum absolute atomic E-state index is 13.2. The monoisotopic (exact) mass is 354 g/mol. The average Bonchev–Trinajstić information content (AvgIpc) is 2.64. The van der Waals surface area contributed by atoms with Gasteiger partial charge in [-0.3, -0.25) is 4.79 Å². The predicted octanol–water partition coefficient (Wildman–Crippen LogP) is 5.20. The maximum atomic E-state index is 13.2. The Hall–Kier alpha value is -2.85. The van der Waals surface area contributed by atoms with Crippen LogP contribution in [0, 0.1) is 5.82 Å². The normalized spacial score (nSPS) is 10.3. The highest BCUT2D eigenvalue weighted by atomic mass is 35.5. The highest BCUT2D eigenvalue weighted by Gasteiger charge is 2.08. The molecule has 5 heteroatoms. The molecule has 3 nitrogen and oxygen atoms in total. The molecular weight excluding hydrogens is 339 g/mol. The van der Waals surface area contributed by atoms with Gasteiger partial charge in [0, 0.05) is 16.9 Å². The van der Waals surface area contributed by atoms with Crippen LogP contribution < -0.4 is 10.6 Å². The van der Waals surface area contributed by atoms with E-state index in [0.717, 1.165) is 16.8 Å². The zero-order chi connectivity index (χ0) is 17.6. The van der Waals surface area contributed by atoms with Crippen molar-refractivity contribution in [2.75, 3.05) is 17.2 Å². The van der Waals surface area contributed by atoms with E-state index in [1.807, 2.05) is 54.6 Å². The Bertz CT molecular complexity index is 884. The first-order valence-corrected chi connectivity index (χ1v) is 8.14. The Morgan fingerprint density at radius 1 is 0.960 bits per heavy atom. The van der Waals surface area contributed by atoms with Crippen molar-refractivity contribution in [2.45, 2.75) is 0 Å². The minimum atomic E-state index is -0.492. The van der Waals surface area contributed by atoms with Crippen LogP contribution in [-0.2, 0) is 4.79 Å². The first-order valence-electron chi connectivity index (χ1n) is 7.77. The van der Waals surface area contributed by atoms with Gasteiger partial charge in [-0.25, -0.2) is 4.39 Å². The molecule has 0 aliphatic rings. The molecule has 0 unspecified atom stereocenters. The average molecular weight is 355 g/mol. The molecule has 3 aromatic carbocycles. The van der Waals surface area contributed by atoms with Crippen molar-refractivity contribution < 1.29 is 9.18 Å². The molecule has 0 aliphatic carbocycles. The number of carbonyl (C=O) groups is 1. The number of anilines is 2. The Labute approximate surface area is 150 Å². The molecule has 3 aromatic rings. The van der Waals surface area contributed by atoms with E-state index in [4.69, 9.17) is 11.6 Å². The molecule has 0 aliphatic heterocycles. The van der Waals surface area contributed by atoms with Crippen molar-refractivity contribution in [3.63, 3.8) is 0 Å². The first kappa shape index (κ1) is 17.0. The summed E-state index contributed by atoms with van der Waals surface area (Å²) in [6, 6.07) is 21.7. The second kappa shape index (κ2) is 7.81. The molecule has 1 amide bonds. The Kier molecular flexibility index (Phi) is 5.31. The van der Waals surface area contributed by atoms with Crippen molar-refractivity contribution in [1.29, 1.82) is 0 Å². The van der Waals surface area contributed by atoms with Gasteiger partial charge in [0.15, 0.2) is 0 Å². The summed E-state index contributed by atoms with van der Waals surface area (Å²) in [5.41, 5.74) is 3.29. The van der Waals surface area contributed by atoms with Crippen molar-refractivity contribution in [3.05, 3.63) is 83.6 Å². The number of benzene rings is 3. The maximum Gasteiger partial charge on any atom is 0.243 e. The predicted molar refractivity (Wildman–Crippen MR) is 100 cm³/mol. The number of carbonyl (C=O) groups excluding carboxylic acids is 1. The smallest absolute Gasteiger partial charge is 0.243 e. The number of hydrogen-bond donors (Lipinski definition) is 2. The Balaban J connectivity index is 1.68. The molecule has 0 aromatic heterocycles. The lowest BCUT2D eigenvalue weighted by Gasteiger charge is -2.12. The molecular formula is C20H16ClFN2O. The topological polar surface area (TPSA) is 41.1 Å². The summed E-state index contributed by atoms with van der Waals surface area (Å²) in [6.07, 6.45) is 0. The summed E-state index contributed by atoms with van der Waals surface area (Å²) in [5, 5.41) is 5.84. The van der Waals surface area contributed by atoms with Crippen molar-refractivity contribution in [2.24, 2.45) is 0 Å². The third-order valence-electron chi connectivity index (χ3n) is 3.66. The van der Waals surface area contributed by atoms with Crippen LogP contribution in [0.5, 0.6) is 0 Å². The van der Waals surface area contributed by atoms with Gasteiger partial charge in [0.05, 0.1) is 11.6 Å². The molecule has 0 fully saturated rings. The Morgan fingerprint density at radius 3 is 2.44 bits per heavy atom. The zero-order valence-electron chi connectivity index (χ0n) is 13.3. The van der Waals surface area contributed by atoms with E-state index in [9.17, 15) is 9.18 Å². The summed E-state index contributed by atoms with van der Waals surface area (Å²) in [5.74, 6) is -0.697. The van der Waals surface area contributed by atoms with Gasteiger partial charge in [-0.2, -0.15) is 0 Å². The molecule has 0 atom stereocenters. The van der Waals surface area contributed by atoms with Crippen LogP contribution in [0.15, 0.2) is 72.8 Å². The summed E-state index contributed by atoms with van der Waals surface area (Å²) in [4.78, 5) is 12.2. The standard InChI is InChI=1S/C20H16ClFN2O/c21-17-12-15(10-11-18(17)22)23-13-20(25)24-19-9-5-4-8-16(19)14-6-2-1-3-7-14/h1-12,23H,13H2,(H,24,25). The van der Waals surface area contributed by atoms with Gasteiger partial charge >= 0.3 is 0 Å². The summed E-state index contributed by atoms with van der Waals surface area (Å²) >= 11 is 5.73. The van der Waals surface area contributed by atoms with E-state index in [0.29, 0.717) is 5.69 Å². The third kappa shape index (κ3) is 4.37. The fraction of sp³-hybridized carbons (Fsp3) is 0.0500. The molecule has 0 bridgehead atoms. The van der Waals surface area contributed by atoms with Crippen LogP contribution in [0.3, 0.4) is 0 Å². The number of amides is 1. The van der Waals surface area contributed by atoms with E-state index in [2.05, 4.69) is 10.6 Å². The fourth-order valence-electron chi connectivity index (χ4n) is 2.44. The number of hydrogen-bond acceptors (Lipinski definition) is 2. The lowest BCUT2D eigenvalue weighted by molar-refractivity contribution is -0.114. The highest BCUT2D eigenvalue weighted by Crippen LogP contribution is 2.27. The second-order valence-corrected chi connectivity index (χ2v) is 5.85. The van der Waals surface area contributed by atoms with Gasteiger partial charge in [0.1, 0.15) is 5.82 Å². The van der Waals surface area contributed by atoms with E-state index >= 15 is 0 Å². The molecule has 126 valence electrons. The Morgan fingerprint density at radius 2 is 1.68 bits per heavy atom. The van der Waals surface area contributed by atoms with Crippen LogP contribution in [-0.4, -0.2) is 12.5 Å². The molecule has 3 rings (SSSR count). The van der Waals surface area contributed by atoms with E-state index < -0.39 is 5.82 Å². The summed E-state index contributed by atoms with van der Waals surface area (Å²) < 4.78 is 13.2. The fourth-order valence-corrected chi connectivity index (χ4v) is 2.62. The van der Waals surface area contributed by atoms with Gasteiger partial charge in [-0.1, -0.05) is 60.1 Å². The molecule has 0 saturated carbocycles. The molecule has 0 saturated heterocycles. The van der Waals surface area contributed by atoms with Gasteiger partial charge in [-0.15, -0.1) is 0 Å². The number of para-hydroxylation sites is 1. The minimum Gasteiger partial charge on any atom is -0.376 e. The van der Waals surface area contributed by atoms with Crippen LogP contribution in [0.2, 0.25) is 5.02 Å². The highest BCUT2D eigenvalue weighted by molar-refractivity contribution is 6.31. The molecule has 0 spiro atoms. The van der Waals surface area contributed by atoms with E-state index in [1.54, 1.807) is 0 Å². The SMILES string of the molecule is O=C(CNc1ccc(F)c(Cl)c1)Nc1ccccc1-c1ccccc1. The minimum absolute atomic E-state index is 0.0137. The molecule has 2 N–H and O–H groups in total. The lowest BCUT2D eigenvalue weighted by atomic mass is 10.0. The van der Waals surface area contributed by atoms with Crippen LogP contribution in [0.25, 0.3) is 11.1 Å². The van der Waals surface area contributed by atoms with Crippen LogP contribution >= 0.6 is 11.6 Å². The lowest BCUT2D eigenvalue weighted by Crippen LogP contribution is -2.22. The van der Waals surface area contributed by atoms with Crippen LogP contribution in [0.1, 0.15) is 0 Å². The van der Waals surface area contributed by atoms with Gasteiger partial charge < -0.3 is 10.6 Å². The number of rotatable bonds is 5. The molecule has 25 heavy (non-hydrogen) atoms. The molecule has 0 heterocycles. The van der Waals surface area contributed by atoms with Crippen molar-refractivity contribution >= 4 is 28.9 Å². The van der Waals surface area contributed by atoms with Gasteiger partial charge in [0.2, 0.25) is 5.91 Å².